The second-order valence-corrected chi connectivity index (χ2v) is 17.3. The average molecular weight is 837 g/mol. The summed E-state index contributed by atoms with van der Waals surface area (Å²) in [7, 11) is 0. The van der Waals surface area contributed by atoms with Crippen molar-refractivity contribution >= 4 is 75.4 Å². The Hall–Kier alpha value is -8.86. The van der Waals surface area contributed by atoms with Crippen LogP contribution in [0.4, 0.5) is 0 Å². The first-order valence-electron chi connectivity index (χ1n) is 22.4. The molecule has 0 atom stereocenters. The van der Waals surface area contributed by atoms with Gasteiger partial charge in [0.15, 0.2) is 0 Å². The molecule has 0 saturated carbocycles. The number of rotatable bonds is 6. The van der Waals surface area contributed by atoms with Crippen LogP contribution in [-0.4, -0.2) is 19.9 Å². The van der Waals surface area contributed by atoms with Gasteiger partial charge in [0.25, 0.3) is 0 Å². The highest BCUT2D eigenvalue weighted by molar-refractivity contribution is 6.42. The third-order valence-corrected chi connectivity index (χ3v) is 13.6. The molecule has 0 aliphatic carbocycles. The zero-order valence-corrected chi connectivity index (χ0v) is 35.6. The maximum atomic E-state index is 5.14. The first kappa shape index (κ1) is 36.6. The van der Waals surface area contributed by atoms with Gasteiger partial charge < -0.3 is 0 Å². The van der Waals surface area contributed by atoms with Crippen LogP contribution < -0.4 is 0 Å². The van der Waals surface area contributed by atoms with Gasteiger partial charge in [-0.05, 0) is 195 Å². The van der Waals surface area contributed by atoms with Crippen molar-refractivity contribution in [2.45, 2.75) is 0 Å². The van der Waals surface area contributed by atoms with E-state index in [4.69, 9.17) is 9.97 Å². The molecule has 4 heterocycles. The van der Waals surface area contributed by atoms with Crippen LogP contribution in [0.2, 0.25) is 0 Å². The van der Waals surface area contributed by atoms with Crippen molar-refractivity contribution < 1.29 is 0 Å². The van der Waals surface area contributed by atoms with E-state index < -0.39 is 0 Å². The van der Waals surface area contributed by atoms with Gasteiger partial charge in [0.05, 0.1) is 34.2 Å². The smallest absolute Gasteiger partial charge is 0.0893 e. The first-order valence-corrected chi connectivity index (χ1v) is 22.4. The molecule has 4 heteroatoms. The van der Waals surface area contributed by atoms with E-state index in [1.807, 2.05) is 60.9 Å². The number of benzene rings is 8. The maximum absolute atomic E-state index is 5.14. The summed E-state index contributed by atoms with van der Waals surface area (Å²) in [6.45, 7) is 0. The van der Waals surface area contributed by atoms with Crippen LogP contribution in [0.5, 0.6) is 0 Å². The van der Waals surface area contributed by atoms with Crippen molar-refractivity contribution in [1.29, 1.82) is 0 Å². The van der Waals surface area contributed by atoms with Gasteiger partial charge in [-0.3, -0.25) is 9.97 Å². The minimum Gasteiger partial charge on any atom is -0.255 e. The van der Waals surface area contributed by atoms with E-state index in [1.165, 1.54) is 97.7 Å². The molecule has 0 N–H and O–H groups in total. The lowest BCUT2D eigenvalue weighted by Gasteiger charge is -2.13. The number of hydrogen-bond acceptors (Lipinski definition) is 4. The zero-order chi connectivity index (χ0) is 43.3. The molecule has 0 aliphatic heterocycles. The Kier molecular flexibility index (Phi) is 7.95. The van der Waals surface area contributed by atoms with E-state index >= 15 is 0 Å². The van der Waals surface area contributed by atoms with E-state index in [2.05, 4.69) is 168 Å². The average Bonchev–Trinajstić information content (AvgIpc) is 3.89. The summed E-state index contributed by atoms with van der Waals surface area (Å²) in [6.07, 6.45) is 3.64. The van der Waals surface area contributed by atoms with Crippen LogP contribution in [0, 0.1) is 0 Å². The Morgan fingerprint density at radius 1 is 0.197 bits per heavy atom. The molecule has 304 valence electrons. The molecule has 14 aromatic rings. The molecule has 0 amide bonds. The normalized spacial score (nSPS) is 11.9. The van der Waals surface area contributed by atoms with Gasteiger partial charge in [-0.15, -0.1) is 0 Å². The standard InChI is InChI=1S/C62H36N4/c1-3-13-37(14-4-1)41-31-49-43-25-23-39(55-19-11-21-59(65-55)57-17-7-9-27-63-57)29-45(43)53-36-48-47(51(33-41)61(49)53)35-54-46-30-40(56-20-12-22-60(66-56)58-18-8-10-28-64-58)24-26-44(46)50-32-42(34-52(48)62(50)54)38-15-5-2-6-16-38/h1-36H. The number of nitrogens with zero attached hydrogens (tertiary/aromatic N) is 4. The Morgan fingerprint density at radius 3 is 0.970 bits per heavy atom. The fourth-order valence-electron chi connectivity index (χ4n) is 10.6. The Morgan fingerprint density at radius 2 is 0.545 bits per heavy atom. The Bertz CT molecular complexity index is 3910. The molecule has 10 aromatic carbocycles. The third kappa shape index (κ3) is 5.65. The Balaban J connectivity index is 1.08. The van der Waals surface area contributed by atoms with Crippen molar-refractivity contribution in [1.82, 2.24) is 19.9 Å². The van der Waals surface area contributed by atoms with Crippen LogP contribution in [-0.2, 0) is 0 Å². The van der Waals surface area contributed by atoms with Crippen molar-refractivity contribution in [3.05, 3.63) is 219 Å². The molecule has 0 bridgehead atoms. The predicted octanol–water partition coefficient (Wildman–Crippen LogP) is 16.2. The van der Waals surface area contributed by atoms with Crippen LogP contribution in [0.3, 0.4) is 0 Å². The Labute approximate surface area is 379 Å². The van der Waals surface area contributed by atoms with Crippen molar-refractivity contribution in [3.63, 3.8) is 0 Å². The van der Waals surface area contributed by atoms with Gasteiger partial charge in [-0.1, -0.05) is 109 Å². The van der Waals surface area contributed by atoms with Crippen molar-refractivity contribution in [2.24, 2.45) is 0 Å². The van der Waals surface area contributed by atoms with Crippen LogP contribution in [0.25, 0.3) is 143 Å². The van der Waals surface area contributed by atoms with Gasteiger partial charge in [-0.2, -0.15) is 0 Å². The lowest BCUT2D eigenvalue weighted by atomic mass is 9.90. The highest BCUT2D eigenvalue weighted by atomic mass is 14.8. The van der Waals surface area contributed by atoms with E-state index in [9.17, 15) is 0 Å². The summed E-state index contributed by atoms with van der Waals surface area (Å²) < 4.78 is 0. The van der Waals surface area contributed by atoms with Crippen LogP contribution in [0.1, 0.15) is 0 Å². The highest BCUT2D eigenvalue weighted by Crippen LogP contribution is 2.50. The molecular formula is C62H36N4. The molecule has 14 rings (SSSR count). The molecule has 0 fully saturated rings. The zero-order valence-electron chi connectivity index (χ0n) is 35.6. The van der Waals surface area contributed by atoms with Gasteiger partial charge in [0.1, 0.15) is 0 Å². The summed E-state index contributed by atoms with van der Waals surface area (Å²) in [5.41, 5.74) is 12.2. The molecular weight excluding hydrogens is 801 g/mol. The second kappa shape index (κ2) is 14.3. The van der Waals surface area contributed by atoms with Crippen molar-refractivity contribution in [2.75, 3.05) is 0 Å². The van der Waals surface area contributed by atoms with E-state index in [0.717, 1.165) is 45.3 Å². The molecule has 4 aromatic heterocycles. The molecule has 0 radical (unpaired) electrons. The predicted molar refractivity (Wildman–Crippen MR) is 275 cm³/mol. The number of pyridine rings is 4. The fraction of sp³-hybridized carbons (Fsp3) is 0. The molecule has 0 spiro atoms. The quantitative estimate of drug-likeness (QED) is 0.157. The van der Waals surface area contributed by atoms with Gasteiger partial charge in [0.2, 0.25) is 0 Å². The largest absolute Gasteiger partial charge is 0.255 e. The number of hydrogen-bond donors (Lipinski definition) is 0. The minimum absolute atomic E-state index is 0.859. The topological polar surface area (TPSA) is 51.6 Å². The van der Waals surface area contributed by atoms with E-state index in [0.29, 0.717) is 0 Å². The van der Waals surface area contributed by atoms with Crippen LogP contribution in [0.15, 0.2) is 219 Å². The summed E-state index contributed by atoms with van der Waals surface area (Å²) >= 11 is 0. The van der Waals surface area contributed by atoms with E-state index in [-0.39, 0.29) is 0 Å². The number of aromatic nitrogens is 4. The second-order valence-electron chi connectivity index (χ2n) is 17.3. The van der Waals surface area contributed by atoms with Gasteiger partial charge in [0, 0.05) is 23.5 Å². The lowest BCUT2D eigenvalue weighted by Crippen LogP contribution is -1.89. The lowest BCUT2D eigenvalue weighted by molar-refractivity contribution is 1.25. The summed E-state index contributed by atoms with van der Waals surface area (Å²) in [6, 6.07) is 74.4. The van der Waals surface area contributed by atoms with Crippen molar-refractivity contribution in [3.8, 4) is 67.5 Å². The summed E-state index contributed by atoms with van der Waals surface area (Å²) in [5.74, 6) is 0. The number of fused-ring (bicyclic) bond motifs is 9. The van der Waals surface area contributed by atoms with Crippen LogP contribution >= 0.6 is 0 Å². The minimum atomic E-state index is 0.859. The monoisotopic (exact) mass is 836 g/mol. The fourth-order valence-corrected chi connectivity index (χ4v) is 10.6. The molecule has 66 heavy (non-hydrogen) atoms. The molecule has 0 saturated heterocycles. The SMILES string of the molecule is c1ccc(-c2cc3c4ccc(-c5cccc(-c6ccccn6)n5)cc4c4cc5c(cc6c7cc(-c8cccc(-c9ccccn9)n8)ccc7c7cc(-c8ccccc8)cc5c76)c(c2)c34)cc1. The molecule has 0 unspecified atom stereocenters. The third-order valence-electron chi connectivity index (χ3n) is 13.6. The molecule has 0 aliphatic rings. The van der Waals surface area contributed by atoms with Gasteiger partial charge >= 0.3 is 0 Å². The maximum Gasteiger partial charge on any atom is 0.0893 e. The van der Waals surface area contributed by atoms with Gasteiger partial charge in [-0.25, -0.2) is 9.97 Å². The molecule has 4 nitrogen and oxygen atoms in total. The summed E-state index contributed by atoms with van der Waals surface area (Å²) in [5, 5.41) is 17.6. The highest BCUT2D eigenvalue weighted by Gasteiger charge is 2.22. The summed E-state index contributed by atoms with van der Waals surface area (Å²) in [4.78, 5) is 19.5. The van der Waals surface area contributed by atoms with E-state index in [1.54, 1.807) is 0 Å². The first-order chi connectivity index (χ1) is 32.7.